The van der Waals surface area contributed by atoms with Gasteiger partial charge in [0, 0.05) is 25.0 Å². The van der Waals surface area contributed by atoms with Crippen LogP contribution in [-0.2, 0) is 11.2 Å². The van der Waals surface area contributed by atoms with Crippen LogP contribution < -0.4 is 5.32 Å². The third-order valence-corrected chi connectivity index (χ3v) is 6.39. The van der Waals surface area contributed by atoms with Crippen molar-refractivity contribution in [2.45, 2.75) is 57.6 Å². The van der Waals surface area contributed by atoms with Gasteiger partial charge >= 0.3 is 0 Å². The summed E-state index contributed by atoms with van der Waals surface area (Å²) in [6.45, 7) is 7.98. The van der Waals surface area contributed by atoms with Gasteiger partial charge in [0.05, 0.1) is 6.10 Å². The number of benzene rings is 1. The van der Waals surface area contributed by atoms with E-state index >= 15 is 0 Å². The van der Waals surface area contributed by atoms with Gasteiger partial charge in [0.2, 0.25) is 5.91 Å². The lowest BCUT2D eigenvalue weighted by Gasteiger charge is -2.41. The fourth-order valence-electron chi connectivity index (χ4n) is 4.52. The molecular formula is C23H37N3O2. The number of carbonyl (C=O) groups is 1. The van der Waals surface area contributed by atoms with E-state index in [4.69, 9.17) is 0 Å². The highest BCUT2D eigenvalue weighted by Crippen LogP contribution is 2.24. The number of likely N-dealkylation sites (tertiary alicyclic amines) is 2. The number of rotatable bonds is 8. The van der Waals surface area contributed by atoms with E-state index in [1.165, 1.54) is 18.4 Å². The van der Waals surface area contributed by atoms with E-state index in [2.05, 4.69) is 27.2 Å². The maximum Gasteiger partial charge on any atom is 0.223 e. The summed E-state index contributed by atoms with van der Waals surface area (Å²) in [7, 11) is 0. The molecule has 2 aliphatic heterocycles. The number of hydrogen-bond donors (Lipinski definition) is 2. The number of aliphatic hydroxyl groups is 1. The molecule has 0 aromatic heterocycles. The summed E-state index contributed by atoms with van der Waals surface area (Å²) in [6.07, 6.45) is 5.98. The summed E-state index contributed by atoms with van der Waals surface area (Å²) in [5, 5.41) is 12.6. The largest absolute Gasteiger partial charge is 0.393 e. The van der Waals surface area contributed by atoms with Crippen molar-refractivity contribution in [1.82, 2.24) is 15.1 Å². The highest BCUT2D eigenvalue weighted by Gasteiger charge is 2.30. The molecule has 0 spiro atoms. The Hall–Kier alpha value is -1.43. The second kappa shape index (κ2) is 10.9. The van der Waals surface area contributed by atoms with Crippen LogP contribution in [0.5, 0.6) is 0 Å². The monoisotopic (exact) mass is 387 g/mol. The number of carbonyl (C=O) groups excluding carboxylic acids is 1. The second-order valence-electron chi connectivity index (χ2n) is 8.55. The fraction of sp³-hybridized carbons (Fsp3) is 0.696. The first kappa shape index (κ1) is 21.3. The lowest BCUT2D eigenvalue weighted by Crippen LogP contribution is -2.49. The Kier molecular flexibility index (Phi) is 8.31. The predicted molar refractivity (Wildman–Crippen MR) is 113 cm³/mol. The Morgan fingerprint density at radius 2 is 1.79 bits per heavy atom. The van der Waals surface area contributed by atoms with Crippen molar-refractivity contribution in [3.8, 4) is 0 Å². The van der Waals surface area contributed by atoms with Gasteiger partial charge < -0.3 is 20.2 Å². The van der Waals surface area contributed by atoms with Crippen LogP contribution in [0.25, 0.3) is 0 Å². The summed E-state index contributed by atoms with van der Waals surface area (Å²) >= 11 is 0. The van der Waals surface area contributed by atoms with Crippen molar-refractivity contribution in [3.05, 3.63) is 35.9 Å². The molecule has 0 bridgehead atoms. The first-order chi connectivity index (χ1) is 13.6. The van der Waals surface area contributed by atoms with Crippen molar-refractivity contribution >= 4 is 5.91 Å². The van der Waals surface area contributed by atoms with Crippen LogP contribution in [0.3, 0.4) is 0 Å². The van der Waals surface area contributed by atoms with E-state index in [9.17, 15) is 9.90 Å². The molecule has 5 heteroatoms. The zero-order valence-electron chi connectivity index (χ0n) is 17.4. The predicted octanol–water partition coefficient (Wildman–Crippen LogP) is 2.29. The smallest absolute Gasteiger partial charge is 0.223 e. The lowest BCUT2D eigenvalue weighted by molar-refractivity contribution is -0.126. The minimum absolute atomic E-state index is 0.179. The average molecular weight is 388 g/mol. The molecule has 1 aromatic rings. The van der Waals surface area contributed by atoms with E-state index in [0.717, 1.165) is 65.0 Å². The standard InChI is InChI=1S/C23H37N3O2/c1-19(27)8-14-25-15-11-22(12-16-25)26-17-9-21(10-18-26)23(28)24-13-7-20-5-3-2-4-6-20/h2-6,19,21-22,27H,7-18H2,1H3,(H,24,28)/t19-/m1/s1. The molecule has 2 heterocycles. The normalized spacial score (nSPS) is 21.5. The Morgan fingerprint density at radius 1 is 1.11 bits per heavy atom. The molecule has 1 amide bonds. The highest BCUT2D eigenvalue weighted by molar-refractivity contribution is 5.78. The third-order valence-electron chi connectivity index (χ3n) is 6.39. The molecule has 2 saturated heterocycles. The zero-order valence-corrected chi connectivity index (χ0v) is 17.4. The van der Waals surface area contributed by atoms with Gasteiger partial charge in [-0.25, -0.2) is 0 Å². The number of piperidine rings is 2. The maximum atomic E-state index is 12.5. The molecule has 0 aliphatic carbocycles. The molecule has 2 aliphatic rings. The molecule has 0 unspecified atom stereocenters. The molecule has 156 valence electrons. The first-order valence-corrected chi connectivity index (χ1v) is 11.1. The molecule has 5 nitrogen and oxygen atoms in total. The first-order valence-electron chi connectivity index (χ1n) is 11.1. The van der Waals surface area contributed by atoms with Crippen molar-refractivity contribution in [1.29, 1.82) is 0 Å². The number of nitrogens with one attached hydrogen (secondary N) is 1. The van der Waals surface area contributed by atoms with Crippen LogP contribution >= 0.6 is 0 Å². The summed E-state index contributed by atoms with van der Waals surface area (Å²) in [6, 6.07) is 11.0. The summed E-state index contributed by atoms with van der Waals surface area (Å²) in [5.41, 5.74) is 1.28. The molecule has 0 saturated carbocycles. The molecule has 2 N–H and O–H groups in total. The summed E-state index contributed by atoms with van der Waals surface area (Å²) in [5.74, 6) is 0.418. The van der Waals surface area contributed by atoms with Crippen LogP contribution in [0, 0.1) is 5.92 Å². The van der Waals surface area contributed by atoms with Crippen molar-refractivity contribution < 1.29 is 9.90 Å². The Labute approximate surface area is 170 Å². The molecule has 1 atom stereocenters. The average Bonchev–Trinajstić information content (AvgIpc) is 2.73. The van der Waals surface area contributed by atoms with Gasteiger partial charge in [-0.15, -0.1) is 0 Å². The summed E-state index contributed by atoms with van der Waals surface area (Å²) < 4.78 is 0. The van der Waals surface area contributed by atoms with Crippen LogP contribution in [0.4, 0.5) is 0 Å². The number of nitrogens with zero attached hydrogens (tertiary/aromatic N) is 2. The van der Waals surface area contributed by atoms with Crippen molar-refractivity contribution in [2.24, 2.45) is 5.92 Å². The van der Waals surface area contributed by atoms with E-state index in [-0.39, 0.29) is 17.9 Å². The topological polar surface area (TPSA) is 55.8 Å². The van der Waals surface area contributed by atoms with Crippen LogP contribution in [0.2, 0.25) is 0 Å². The van der Waals surface area contributed by atoms with E-state index in [1.807, 2.05) is 25.1 Å². The Morgan fingerprint density at radius 3 is 2.43 bits per heavy atom. The van der Waals surface area contributed by atoms with Gasteiger partial charge in [-0.2, -0.15) is 0 Å². The number of amides is 1. The molecule has 2 fully saturated rings. The molecular weight excluding hydrogens is 350 g/mol. The third kappa shape index (κ3) is 6.57. The van der Waals surface area contributed by atoms with Gasteiger partial charge in [-0.3, -0.25) is 4.79 Å². The molecule has 0 radical (unpaired) electrons. The highest BCUT2D eigenvalue weighted by atomic mass is 16.3. The van der Waals surface area contributed by atoms with Gasteiger partial charge in [-0.1, -0.05) is 30.3 Å². The van der Waals surface area contributed by atoms with Gasteiger partial charge in [0.1, 0.15) is 0 Å². The Bertz CT molecular complexity index is 577. The van der Waals surface area contributed by atoms with Crippen LogP contribution in [0.1, 0.15) is 44.6 Å². The number of hydrogen-bond acceptors (Lipinski definition) is 4. The van der Waals surface area contributed by atoms with Crippen LogP contribution in [-0.4, -0.2) is 72.2 Å². The van der Waals surface area contributed by atoms with Gasteiger partial charge in [-0.05, 0) is 77.2 Å². The SMILES string of the molecule is C[C@@H](O)CCN1CCC(N2CCC(C(=O)NCCc3ccccc3)CC2)CC1. The molecule has 1 aromatic carbocycles. The summed E-state index contributed by atoms with van der Waals surface area (Å²) in [4.78, 5) is 17.6. The number of aliphatic hydroxyl groups excluding tert-OH is 1. The van der Waals surface area contributed by atoms with E-state index in [0.29, 0.717) is 6.04 Å². The molecule has 28 heavy (non-hydrogen) atoms. The van der Waals surface area contributed by atoms with Crippen molar-refractivity contribution in [3.63, 3.8) is 0 Å². The van der Waals surface area contributed by atoms with E-state index < -0.39 is 0 Å². The molecule has 3 rings (SSSR count). The lowest BCUT2D eigenvalue weighted by atomic mass is 9.92. The van der Waals surface area contributed by atoms with Gasteiger partial charge in [0.15, 0.2) is 0 Å². The maximum absolute atomic E-state index is 12.5. The quantitative estimate of drug-likeness (QED) is 0.719. The van der Waals surface area contributed by atoms with Crippen LogP contribution in [0.15, 0.2) is 30.3 Å². The minimum atomic E-state index is -0.199. The van der Waals surface area contributed by atoms with E-state index in [1.54, 1.807) is 0 Å². The fourth-order valence-corrected chi connectivity index (χ4v) is 4.52. The zero-order chi connectivity index (χ0) is 19.8. The second-order valence-corrected chi connectivity index (χ2v) is 8.55. The minimum Gasteiger partial charge on any atom is -0.393 e. The Balaban J connectivity index is 1.31. The van der Waals surface area contributed by atoms with Crippen molar-refractivity contribution in [2.75, 3.05) is 39.3 Å². The van der Waals surface area contributed by atoms with Gasteiger partial charge in [0.25, 0.3) is 0 Å².